The minimum absolute atomic E-state index is 0.229. The summed E-state index contributed by atoms with van der Waals surface area (Å²) in [5.74, 6) is 0.706. The van der Waals surface area contributed by atoms with E-state index >= 15 is 0 Å². The number of methoxy groups -OCH3 is 1. The van der Waals surface area contributed by atoms with E-state index in [4.69, 9.17) is 32.0 Å². The molecule has 0 aliphatic rings. The van der Waals surface area contributed by atoms with Crippen LogP contribution in [0.3, 0.4) is 0 Å². The first kappa shape index (κ1) is 10.3. The van der Waals surface area contributed by atoms with Gasteiger partial charge in [0, 0.05) is 0 Å². The van der Waals surface area contributed by atoms with E-state index < -0.39 is 0 Å². The van der Waals surface area contributed by atoms with Crippen molar-refractivity contribution in [3.63, 3.8) is 0 Å². The molecule has 1 nitrogen and oxygen atoms in total. The molecule has 1 aromatic carbocycles. The zero-order valence-corrected chi connectivity index (χ0v) is 8.01. The maximum absolute atomic E-state index is 5.92. The highest BCUT2D eigenvalue weighted by atomic mass is 35.5. The number of hydrogen-bond donors (Lipinski definition) is 0. The lowest BCUT2D eigenvalue weighted by atomic mass is 9.77. The standard InChI is InChI=1S/C9H7B2ClO/c1-13-7-3-2-6(4-9(10)11)8(12)5-7/h2-5H,1H3. The highest BCUT2D eigenvalue weighted by Gasteiger charge is 1.98. The Morgan fingerprint density at radius 1 is 1.46 bits per heavy atom. The van der Waals surface area contributed by atoms with Gasteiger partial charge in [0.2, 0.25) is 0 Å². The van der Waals surface area contributed by atoms with E-state index in [-0.39, 0.29) is 5.37 Å². The van der Waals surface area contributed by atoms with Gasteiger partial charge < -0.3 is 4.74 Å². The quantitative estimate of drug-likeness (QED) is 0.645. The fourth-order valence-corrected chi connectivity index (χ4v) is 1.16. The zero-order chi connectivity index (χ0) is 9.84. The predicted octanol–water partition coefficient (Wildman–Crippen LogP) is 1.98. The Kier molecular flexibility index (Phi) is 3.49. The molecule has 0 aromatic heterocycles. The van der Waals surface area contributed by atoms with Gasteiger partial charge in [-0.2, -0.15) is 5.37 Å². The van der Waals surface area contributed by atoms with Crippen molar-refractivity contribution in [1.29, 1.82) is 0 Å². The van der Waals surface area contributed by atoms with Gasteiger partial charge in [0.25, 0.3) is 0 Å². The Morgan fingerprint density at radius 3 is 2.62 bits per heavy atom. The summed E-state index contributed by atoms with van der Waals surface area (Å²) < 4.78 is 4.99. The molecule has 0 fully saturated rings. The van der Waals surface area contributed by atoms with Crippen molar-refractivity contribution in [1.82, 2.24) is 0 Å². The van der Waals surface area contributed by atoms with E-state index in [9.17, 15) is 0 Å². The van der Waals surface area contributed by atoms with Gasteiger partial charge in [0.05, 0.1) is 27.8 Å². The van der Waals surface area contributed by atoms with E-state index in [1.165, 1.54) is 0 Å². The number of halogens is 1. The van der Waals surface area contributed by atoms with Gasteiger partial charge in [0.1, 0.15) is 5.75 Å². The SMILES string of the molecule is [B]C([B])=Cc1ccc(OC)cc1Cl. The Morgan fingerprint density at radius 2 is 2.15 bits per heavy atom. The molecule has 0 atom stereocenters. The fourth-order valence-electron chi connectivity index (χ4n) is 0.931. The summed E-state index contributed by atoms with van der Waals surface area (Å²) in [6, 6.07) is 5.29. The van der Waals surface area contributed by atoms with Crippen molar-refractivity contribution in [3.05, 3.63) is 34.2 Å². The van der Waals surface area contributed by atoms with E-state index in [1.54, 1.807) is 31.4 Å². The average Bonchev–Trinajstić information content (AvgIpc) is 2.08. The Balaban J connectivity index is 3.05. The van der Waals surface area contributed by atoms with Gasteiger partial charge in [-0.05, 0) is 23.8 Å². The summed E-state index contributed by atoms with van der Waals surface area (Å²) in [4.78, 5) is 0. The molecule has 62 valence electrons. The maximum atomic E-state index is 5.92. The molecule has 0 saturated carbocycles. The lowest BCUT2D eigenvalue weighted by molar-refractivity contribution is 0.415. The highest BCUT2D eigenvalue weighted by molar-refractivity contribution is 6.50. The first-order valence-electron chi connectivity index (χ1n) is 3.69. The van der Waals surface area contributed by atoms with E-state index in [0.717, 1.165) is 5.56 Å². The van der Waals surface area contributed by atoms with E-state index in [2.05, 4.69) is 0 Å². The molecule has 4 heteroatoms. The minimum atomic E-state index is 0.229. The molecule has 0 spiro atoms. The molecule has 0 saturated heterocycles. The van der Waals surface area contributed by atoms with Gasteiger partial charge >= 0.3 is 0 Å². The van der Waals surface area contributed by atoms with Crippen LogP contribution in [0, 0.1) is 0 Å². The van der Waals surface area contributed by atoms with Crippen molar-refractivity contribution in [2.75, 3.05) is 7.11 Å². The van der Waals surface area contributed by atoms with Crippen molar-refractivity contribution < 1.29 is 4.74 Å². The molecular formula is C9H7B2ClO. The monoisotopic (exact) mass is 188 g/mol. The molecule has 0 amide bonds. The minimum Gasteiger partial charge on any atom is -0.497 e. The third kappa shape index (κ3) is 2.85. The van der Waals surface area contributed by atoms with Crippen LogP contribution in [-0.2, 0) is 0 Å². The summed E-state index contributed by atoms with van der Waals surface area (Å²) in [6.07, 6.45) is 1.60. The molecule has 0 bridgehead atoms. The van der Waals surface area contributed by atoms with Gasteiger partial charge in [-0.1, -0.05) is 17.7 Å². The van der Waals surface area contributed by atoms with Crippen LogP contribution in [0.1, 0.15) is 5.56 Å². The van der Waals surface area contributed by atoms with Crippen molar-refractivity contribution in [3.8, 4) is 5.75 Å². The zero-order valence-electron chi connectivity index (χ0n) is 7.25. The largest absolute Gasteiger partial charge is 0.497 e. The third-order valence-corrected chi connectivity index (χ3v) is 1.86. The molecule has 0 unspecified atom stereocenters. The molecule has 1 aromatic rings. The number of ether oxygens (including phenoxy) is 1. The third-order valence-electron chi connectivity index (χ3n) is 1.53. The van der Waals surface area contributed by atoms with Gasteiger partial charge in [0.15, 0.2) is 0 Å². The van der Waals surface area contributed by atoms with Crippen LogP contribution in [0.2, 0.25) is 5.02 Å². The highest BCUT2D eigenvalue weighted by Crippen LogP contribution is 2.23. The number of hydrogen-bond acceptors (Lipinski definition) is 1. The normalized spacial score (nSPS) is 9.38. The first-order valence-corrected chi connectivity index (χ1v) is 4.07. The second kappa shape index (κ2) is 4.43. The van der Waals surface area contributed by atoms with Crippen LogP contribution < -0.4 is 4.74 Å². The summed E-state index contributed by atoms with van der Waals surface area (Å²) in [7, 11) is 12.2. The van der Waals surface area contributed by atoms with Crippen LogP contribution in [0.15, 0.2) is 23.6 Å². The lowest BCUT2D eigenvalue weighted by Gasteiger charge is -2.03. The first-order chi connectivity index (χ1) is 6.13. The average molecular weight is 188 g/mol. The van der Waals surface area contributed by atoms with Crippen molar-refractivity contribution in [2.45, 2.75) is 0 Å². The predicted molar refractivity (Wildman–Crippen MR) is 57.5 cm³/mol. The van der Waals surface area contributed by atoms with Crippen LogP contribution in [0.4, 0.5) is 0 Å². The molecule has 0 aliphatic carbocycles. The molecule has 1 rings (SSSR count). The van der Waals surface area contributed by atoms with Crippen LogP contribution in [0.5, 0.6) is 5.75 Å². The van der Waals surface area contributed by atoms with E-state index in [1.807, 2.05) is 0 Å². The van der Waals surface area contributed by atoms with Crippen LogP contribution >= 0.6 is 11.6 Å². The molecule has 0 aliphatic heterocycles. The Hall–Kier alpha value is -0.820. The second-order valence-corrected chi connectivity index (χ2v) is 2.94. The Bertz CT molecular complexity index is 332. The summed E-state index contributed by atoms with van der Waals surface area (Å²) in [5.41, 5.74) is 0.780. The summed E-state index contributed by atoms with van der Waals surface area (Å²) in [6.45, 7) is 0. The Labute approximate surface area is 85.6 Å². The summed E-state index contributed by atoms with van der Waals surface area (Å²) in [5, 5.41) is 0.791. The number of rotatable bonds is 2. The van der Waals surface area contributed by atoms with Crippen molar-refractivity contribution >= 4 is 33.4 Å². The number of benzene rings is 1. The molecular weight excluding hydrogens is 181 g/mol. The molecule has 0 heterocycles. The summed E-state index contributed by atoms with van der Waals surface area (Å²) >= 11 is 5.92. The van der Waals surface area contributed by atoms with Gasteiger partial charge in [-0.3, -0.25) is 0 Å². The van der Waals surface area contributed by atoms with Crippen LogP contribution in [0.25, 0.3) is 6.08 Å². The molecule has 0 N–H and O–H groups in total. The second-order valence-electron chi connectivity index (χ2n) is 2.53. The maximum Gasteiger partial charge on any atom is 0.120 e. The van der Waals surface area contributed by atoms with Gasteiger partial charge in [-0.15, -0.1) is 0 Å². The fraction of sp³-hybridized carbons (Fsp3) is 0.111. The molecule has 4 radical (unpaired) electrons. The van der Waals surface area contributed by atoms with E-state index in [0.29, 0.717) is 10.8 Å². The molecule has 13 heavy (non-hydrogen) atoms. The smallest absolute Gasteiger partial charge is 0.120 e. The topological polar surface area (TPSA) is 9.23 Å². The van der Waals surface area contributed by atoms with Crippen molar-refractivity contribution in [2.24, 2.45) is 0 Å². The van der Waals surface area contributed by atoms with Crippen LogP contribution in [-0.4, -0.2) is 22.8 Å². The van der Waals surface area contributed by atoms with Gasteiger partial charge in [-0.25, -0.2) is 0 Å². The lowest BCUT2D eigenvalue weighted by Crippen LogP contribution is -1.85.